The first-order valence-electron chi connectivity index (χ1n) is 9.32. The summed E-state index contributed by atoms with van der Waals surface area (Å²) in [6, 6.07) is 10.2. The highest BCUT2D eigenvalue weighted by atomic mass is 16.5. The number of carbonyl (C=O) groups excluding carboxylic acids is 1. The number of rotatable bonds is 5. The summed E-state index contributed by atoms with van der Waals surface area (Å²) in [4.78, 5) is 22.0. The number of aromatic nitrogens is 1. The van der Waals surface area contributed by atoms with Crippen LogP contribution in [0.2, 0.25) is 0 Å². The van der Waals surface area contributed by atoms with Crippen molar-refractivity contribution in [3.63, 3.8) is 0 Å². The molecule has 2 aliphatic rings. The molecule has 0 bridgehead atoms. The Morgan fingerprint density at radius 1 is 1.35 bits per heavy atom. The third kappa shape index (κ3) is 3.81. The van der Waals surface area contributed by atoms with Gasteiger partial charge in [0.15, 0.2) is 0 Å². The molecular weight excluding hydrogens is 328 g/mol. The van der Waals surface area contributed by atoms with Crippen molar-refractivity contribution in [3.05, 3.63) is 35.9 Å². The second-order valence-corrected chi connectivity index (χ2v) is 7.49. The third-order valence-corrected chi connectivity index (χ3v) is 4.89. The van der Waals surface area contributed by atoms with Crippen molar-refractivity contribution in [2.75, 3.05) is 45.2 Å². The summed E-state index contributed by atoms with van der Waals surface area (Å²) in [5, 5.41) is 4.02. The zero-order valence-electron chi connectivity index (χ0n) is 15.4. The number of para-hydroxylation sites is 1. The van der Waals surface area contributed by atoms with Crippen molar-refractivity contribution < 1.29 is 9.53 Å². The highest BCUT2D eigenvalue weighted by Crippen LogP contribution is 2.26. The molecule has 2 aromatic rings. The largest absolute Gasteiger partial charge is 0.373 e. The Kier molecular flexibility index (Phi) is 4.78. The van der Waals surface area contributed by atoms with Crippen molar-refractivity contribution >= 4 is 22.6 Å². The minimum atomic E-state index is 0.00505. The van der Waals surface area contributed by atoms with Crippen molar-refractivity contribution in [2.45, 2.75) is 25.0 Å². The Morgan fingerprint density at radius 3 is 2.92 bits per heavy atom. The summed E-state index contributed by atoms with van der Waals surface area (Å²) >= 11 is 0. The van der Waals surface area contributed by atoms with E-state index in [1.54, 1.807) is 0 Å². The van der Waals surface area contributed by atoms with Crippen molar-refractivity contribution in [1.82, 2.24) is 15.2 Å². The molecule has 6 heteroatoms. The van der Waals surface area contributed by atoms with Gasteiger partial charge in [-0.2, -0.15) is 0 Å². The number of nitrogens with one attached hydrogen (secondary N) is 1. The molecule has 1 atom stereocenters. The van der Waals surface area contributed by atoms with Crippen LogP contribution in [-0.2, 0) is 4.74 Å². The van der Waals surface area contributed by atoms with Crippen LogP contribution in [0.3, 0.4) is 0 Å². The maximum Gasteiger partial charge on any atom is 0.252 e. The average Bonchev–Trinajstić information content (AvgIpc) is 3.44. The summed E-state index contributed by atoms with van der Waals surface area (Å²) in [7, 11) is 4.10. The molecule has 1 N–H and O–H groups in total. The van der Waals surface area contributed by atoms with Crippen LogP contribution in [0.1, 0.15) is 23.2 Å². The normalized spacial score (nSPS) is 20.6. The molecule has 1 unspecified atom stereocenters. The number of pyridine rings is 1. The van der Waals surface area contributed by atoms with Gasteiger partial charge in [-0.3, -0.25) is 4.79 Å². The number of morpholine rings is 1. The molecule has 1 saturated heterocycles. The third-order valence-electron chi connectivity index (χ3n) is 4.89. The fourth-order valence-corrected chi connectivity index (χ4v) is 3.45. The van der Waals surface area contributed by atoms with Crippen LogP contribution in [0.15, 0.2) is 30.3 Å². The van der Waals surface area contributed by atoms with Crippen LogP contribution in [0.4, 0.5) is 5.82 Å². The molecule has 1 aromatic carbocycles. The monoisotopic (exact) mass is 354 g/mol. The van der Waals surface area contributed by atoms with Gasteiger partial charge in [-0.1, -0.05) is 18.2 Å². The first-order chi connectivity index (χ1) is 12.6. The minimum absolute atomic E-state index is 0.00505. The van der Waals surface area contributed by atoms with E-state index in [2.05, 4.69) is 29.2 Å². The van der Waals surface area contributed by atoms with Crippen LogP contribution in [-0.4, -0.2) is 68.3 Å². The van der Waals surface area contributed by atoms with Crippen LogP contribution < -0.4 is 10.2 Å². The van der Waals surface area contributed by atoms with E-state index in [1.807, 2.05) is 30.3 Å². The van der Waals surface area contributed by atoms with E-state index in [0.717, 1.165) is 49.2 Å². The quantitative estimate of drug-likeness (QED) is 0.889. The molecule has 0 radical (unpaired) electrons. The highest BCUT2D eigenvalue weighted by Gasteiger charge is 2.27. The molecule has 26 heavy (non-hydrogen) atoms. The summed E-state index contributed by atoms with van der Waals surface area (Å²) in [6.45, 7) is 3.13. The SMILES string of the molecule is CN(C)CC1CN(c2cc(C(=O)NC3CC3)c3ccccc3n2)CCO1. The van der Waals surface area contributed by atoms with Crippen molar-refractivity contribution in [3.8, 4) is 0 Å². The summed E-state index contributed by atoms with van der Waals surface area (Å²) in [6.07, 6.45) is 2.31. The molecule has 4 rings (SSSR count). The molecule has 1 amide bonds. The molecule has 0 spiro atoms. The molecule has 1 saturated carbocycles. The first-order valence-corrected chi connectivity index (χ1v) is 9.32. The Balaban J connectivity index is 1.65. The second kappa shape index (κ2) is 7.21. The van der Waals surface area contributed by atoms with Gasteiger partial charge in [0.05, 0.1) is 23.8 Å². The molecule has 2 fully saturated rings. The predicted octanol–water partition coefficient (Wildman–Crippen LogP) is 1.89. The average molecular weight is 354 g/mol. The first kappa shape index (κ1) is 17.2. The smallest absolute Gasteiger partial charge is 0.252 e. The Hall–Kier alpha value is -2.18. The number of likely N-dealkylation sites (N-methyl/N-ethyl adjacent to an activating group) is 1. The molecule has 1 aliphatic carbocycles. The molecule has 2 heterocycles. The second-order valence-electron chi connectivity index (χ2n) is 7.49. The number of ether oxygens (including phenoxy) is 1. The summed E-state index contributed by atoms with van der Waals surface area (Å²) in [5.41, 5.74) is 1.58. The predicted molar refractivity (Wildman–Crippen MR) is 103 cm³/mol. The number of carbonyl (C=O) groups is 1. The number of anilines is 1. The van der Waals surface area contributed by atoms with Crippen LogP contribution in [0.5, 0.6) is 0 Å². The van der Waals surface area contributed by atoms with Gasteiger partial charge < -0.3 is 19.9 Å². The number of nitrogens with zero attached hydrogens (tertiary/aromatic N) is 3. The van der Waals surface area contributed by atoms with Crippen molar-refractivity contribution in [2.24, 2.45) is 0 Å². The number of fused-ring (bicyclic) bond motifs is 1. The Labute approximate surface area is 154 Å². The van der Waals surface area contributed by atoms with Gasteiger partial charge in [-0.05, 0) is 39.1 Å². The molecular formula is C20H26N4O2. The number of hydrogen-bond donors (Lipinski definition) is 1. The minimum Gasteiger partial charge on any atom is -0.373 e. The van der Waals surface area contributed by atoms with Crippen LogP contribution in [0, 0.1) is 0 Å². The maximum absolute atomic E-state index is 12.8. The van der Waals surface area contributed by atoms with Gasteiger partial charge in [-0.25, -0.2) is 4.98 Å². The zero-order chi connectivity index (χ0) is 18.1. The summed E-state index contributed by atoms with van der Waals surface area (Å²) < 4.78 is 5.88. The van der Waals surface area contributed by atoms with Crippen LogP contribution >= 0.6 is 0 Å². The number of amides is 1. The fraction of sp³-hybridized carbons (Fsp3) is 0.500. The van der Waals surface area contributed by atoms with E-state index in [0.29, 0.717) is 18.2 Å². The lowest BCUT2D eigenvalue weighted by Crippen LogP contribution is -2.46. The van der Waals surface area contributed by atoms with Gasteiger partial charge in [0.25, 0.3) is 5.91 Å². The van der Waals surface area contributed by atoms with E-state index in [1.165, 1.54) is 0 Å². The Bertz CT molecular complexity index is 803. The van der Waals surface area contributed by atoms with E-state index in [9.17, 15) is 4.79 Å². The molecule has 1 aliphatic heterocycles. The standard InChI is InChI=1S/C20H26N4O2/c1-23(2)12-15-13-24(9-10-26-15)19-11-17(20(25)21-14-7-8-14)16-5-3-4-6-18(16)22-19/h3-6,11,14-15H,7-10,12-13H2,1-2H3,(H,21,25). The van der Waals surface area contributed by atoms with E-state index in [4.69, 9.17) is 9.72 Å². The topological polar surface area (TPSA) is 57.7 Å². The Morgan fingerprint density at radius 2 is 2.15 bits per heavy atom. The molecule has 6 nitrogen and oxygen atoms in total. The number of benzene rings is 1. The lowest BCUT2D eigenvalue weighted by molar-refractivity contribution is 0.0245. The fourth-order valence-electron chi connectivity index (χ4n) is 3.45. The van der Waals surface area contributed by atoms with Gasteiger partial charge >= 0.3 is 0 Å². The van der Waals surface area contributed by atoms with Gasteiger partial charge in [-0.15, -0.1) is 0 Å². The van der Waals surface area contributed by atoms with E-state index < -0.39 is 0 Å². The highest BCUT2D eigenvalue weighted by molar-refractivity contribution is 6.07. The lowest BCUT2D eigenvalue weighted by atomic mass is 10.1. The zero-order valence-corrected chi connectivity index (χ0v) is 15.4. The number of hydrogen-bond acceptors (Lipinski definition) is 5. The molecule has 138 valence electrons. The van der Waals surface area contributed by atoms with Gasteiger partial charge in [0.2, 0.25) is 0 Å². The van der Waals surface area contributed by atoms with Crippen LogP contribution in [0.25, 0.3) is 10.9 Å². The summed E-state index contributed by atoms with van der Waals surface area (Å²) in [5.74, 6) is 0.863. The maximum atomic E-state index is 12.8. The van der Waals surface area contributed by atoms with Gasteiger partial charge in [0.1, 0.15) is 5.82 Å². The van der Waals surface area contributed by atoms with E-state index >= 15 is 0 Å². The van der Waals surface area contributed by atoms with Gasteiger partial charge in [0, 0.05) is 31.1 Å². The van der Waals surface area contributed by atoms with E-state index in [-0.39, 0.29) is 12.0 Å². The molecule has 1 aromatic heterocycles. The van der Waals surface area contributed by atoms with Crippen molar-refractivity contribution in [1.29, 1.82) is 0 Å². The lowest BCUT2D eigenvalue weighted by Gasteiger charge is -2.35.